The first-order valence-electron chi connectivity index (χ1n) is 5.05. The topological polar surface area (TPSA) is 65.8 Å². The van der Waals surface area contributed by atoms with Gasteiger partial charge in [0.25, 0.3) is 0 Å². The van der Waals surface area contributed by atoms with Gasteiger partial charge in [-0.3, -0.25) is 4.21 Å². The standard InChI is InChI=1S/C11H15N3OS/c1-9-4-5-11(14-10(9)8-12)13-6-3-7-16(2)15/h4-5H,3,6-7H2,1-2H3,(H,13,14). The van der Waals surface area contributed by atoms with E-state index in [9.17, 15) is 4.21 Å². The minimum Gasteiger partial charge on any atom is -0.370 e. The fourth-order valence-electron chi connectivity index (χ4n) is 1.23. The van der Waals surface area contributed by atoms with E-state index in [-0.39, 0.29) is 0 Å². The summed E-state index contributed by atoms with van der Waals surface area (Å²) in [7, 11) is -0.746. The molecule has 0 aliphatic carbocycles. The maximum absolute atomic E-state index is 10.8. The molecule has 0 saturated heterocycles. The molecule has 1 aromatic rings. The van der Waals surface area contributed by atoms with Crippen LogP contribution in [0.25, 0.3) is 0 Å². The quantitative estimate of drug-likeness (QED) is 0.787. The van der Waals surface area contributed by atoms with Crippen molar-refractivity contribution >= 4 is 16.6 Å². The van der Waals surface area contributed by atoms with Gasteiger partial charge in [0.05, 0.1) is 0 Å². The van der Waals surface area contributed by atoms with E-state index in [4.69, 9.17) is 5.26 Å². The Hall–Kier alpha value is -1.41. The maximum atomic E-state index is 10.8. The van der Waals surface area contributed by atoms with Gasteiger partial charge >= 0.3 is 0 Å². The zero-order valence-corrected chi connectivity index (χ0v) is 10.3. The molecule has 1 atom stereocenters. The van der Waals surface area contributed by atoms with E-state index in [1.807, 2.05) is 25.1 Å². The van der Waals surface area contributed by atoms with E-state index in [1.54, 1.807) is 6.26 Å². The molecule has 1 rings (SSSR count). The molecule has 0 spiro atoms. The first kappa shape index (κ1) is 12.7. The van der Waals surface area contributed by atoms with E-state index in [2.05, 4.69) is 10.3 Å². The van der Waals surface area contributed by atoms with E-state index in [0.717, 1.165) is 18.5 Å². The summed E-state index contributed by atoms with van der Waals surface area (Å²) in [5.41, 5.74) is 1.33. The van der Waals surface area contributed by atoms with Gasteiger partial charge in [-0.05, 0) is 25.0 Å². The molecule has 0 aliphatic heterocycles. The number of rotatable bonds is 5. The van der Waals surface area contributed by atoms with Gasteiger partial charge in [-0.1, -0.05) is 6.07 Å². The molecule has 86 valence electrons. The minimum atomic E-state index is -0.746. The molecule has 4 nitrogen and oxygen atoms in total. The average molecular weight is 237 g/mol. The summed E-state index contributed by atoms with van der Waals surface area (Å²) in [5.74, 6) is 1.38. The third-order valence-corrected chi connectivity index (χ3v) is 2.98. The van der Waals surface area contributed by atoms with Crippen molar-refractivity contribution in [3.05, 3.63) is 23.4 Å². The molecular weight excluding hydrogens is 222 g/mol. The normalized spacial score (nSPS) is 11.8. The van der Waals surface area contributed by atoms with E-state index >= 15 is 0 Å². The summed E-state index contributed by atoms with van der Waals surface area (Å²) in [6, 6.07) is 5.76. The number of anilines is 1. The summed E-state index contributed by atoms with van der Waals surface area (Å²) >= 11 is 0. The molecule has 0 radical (unpaired) electrons. The molecule has 1 aromatic heterocycles. The van der Waals surface area contributed by atoms with Crippen molar-refractivity contribution in [2.45, 2.75) is 13.3 Å². The van der Waals surface area contributed by atoms with Crippen molar-refractivity contribution < 1.29 is 4.21 Å². The Morgan fingerprint density at radius 3 is 2.94 bits per heavy atom. The number of nitrogens with one attached hydrogen (secondary N) is 1. The number of nitriles is 1. The van der Waals surface area contributed by atoms with Gasteiger partial charge in [0.1, 0.15) is 17.6 Å². The zero-order chi connectivity index (χ0) is 12.0. The molecule has 16 heavy (non-hydrogen) atoms. The monoisotopic (exact) mass is 237 g/mol. The third kappa shape index (κ3) is 3.99. The van der Waals surface area contributed by atoms with E-state index in [1.165, 1.54) is 0 Å². The average Bonchev–Trinajstić information content (AvgIpc) is 2.26. The Morgan fingerprint density at radius 1 is 1.56 bits per heavy atom. The Kier molecular flexibility index (Phi) is 4.93. The lowest BCUT2D eigenvalue weighted by molar-refractivity contribution is 0.685. The molecule has 0 bridgehead atoms. The second kappa shape index (κ2) is 6.23. The number of aryl methyl sites for hydroxylation is 1. The number of aromatic nitrogens is 1. The second-order valence-corrected chi connectivity index (χ2v) is 5.09. The smallest absolute Gasteiger partial charge is 0.145 e. The third-order valence-electron chi connectivity index (χ3n) is 2.12. The van der Waals surface area contributed by atoms with Gasteiger partial charge in [0, 0.05) is 29.4 Å². The largest absolute Gasteiger partial charge is 0.370 e. The highest BCUT2D eigenvalue weighted by molar-refractivity contribution is 7.84. The van der Waals surface area contributed by atoms with Crippen LogP contribution in [0.4, 0.5) is 5.82 Å². The number of nitrogens with zero attached hydrogens (tertiary/aromatic N) is 2. The summed E-state index contributed by atoms with van der Waals surface area (Å²) in [4.78, 5) is 4.16. The fraction of sp³-hybridized carbons (Fsp3) is 0.455. The molecule has 1 heterocycles. The Bertz CT molecular complexity index is 426. The van der Waals surface area contributed by atoms with Crippen LogP contribution in [0.2, 0.25) is 0 Å². The SMILES string of the molecule is Cc1ccc(NCCCS(C)=O)nc1C#N. The molecule has 5 heteroatoms. The molecule has 0 fully saturated rings. The van der Waals surface area contributed by atoms with Gasteiger partial charge < -0.3 is 5.32 Å². The minimum absolute atomic E-state index is 0.448. The van der Waals surface area contributed by atoms with Crippen molar-refractivity contribution in [2.75, 3.05) is 23.9 Å². The molecule has 0 aliphatic rings. The lowest BCUT2D eigenvalue weighted by atomic mass is 10.2. The van der Waals surface area contributed by atoms with Crippen LogP contribution < -0.4 is 5.32 Å². The van der Waals surface area contributed by atoms with Crippen LogP contribution in [0.1, 0.15) is 17.7 Å². The zero-order valence-electron chi connectivity index (χ0n) is 9.49. The Balaban J connectivity index is 2.49. The van der Waals surface area contributed by atoms with Gasteiger partial charge in [-0.15, -0.1) is 0 Å². The van der Waals surface area contributed by atoms with Gasteiger partial charge in [-0.2, -0.15) is 5.26 Å². The first-order chi connectivity index (χ1) is 7.63. The predicted molar refractivity (Wildman–Crippen MR) is 65.7 cm³/mol. The lowest BCUT2D eigenvalue weighted by Gasteiger charge is -2.05. The second-order valence-electron chi connectivity index (χ2n) is 3.53. The highest BCUT2D eigenvalue weighted by Crippen LogP contribution is 2.09. The van der Waals surface area contributed by atoms with Gasteiger partial charge in [-0.25, -0.2) is 4.98 Å². The van der Waals surface area contributed by atoms with Crippen LogP contribution in [0.5, 0.6) is 0 Å². The highest BCUT2D eigenvalue weighted by Gasteiger charge is 2.00. The number of hydrogen-bond donors (Lipinski definition) is 1. The molecular formula is C11H15N3OS. The number of pyridine rings is 1. The highest BCUT2D eigenvalue weighted by atomic mass is 32.2. The van der Waals surface area contributed by atoms with Crippen molar-refractivity contribution in [1.82, 2.24) is 4.98 Å². The van der Waals surface area contributed by atoms with Crippen LogP contribution in [-0.2, 0) is 10.8 Å². The molecule has 0 saturated carbocycles. The number of hydrogen-bond acceptors (Lipinski definition) is 4. The van der Waals surface area contributed by atoms with Gasteiger partial charge in [0.2, 0.25) is 0 Å². The van der Waals surface area contributed by atoms with Crippen LogP contribution in [0.15, 0.2) is 12.1 Å². The molecule has 0 amide bonds. The van der Waals surface area contributed by atoms with Crippen LogP contribution in [0, 0.1) is 18.3 Å². The molecule has 1 N–H and O–H groups in total. The summed E-state index contributed by atoms with van der Waals surface area (Å²) < 4.78 is 10.8. The predicted octanol–water partition coefficient (Wildman–Crippen LogP) is 1.44. The van der Waals surface area contributed by atoms with Crippen molar-refractivity contribution in [1.29, 1.82) is 5.26 Å². The Morgan fingerprint density at radius 2 is 2.31 bits per heavy atom. The molecule has 1 unspecified atom stereocenters. The van der Waals surface area contributed by atoms with Crippen LogP contribution in [-0.4, -0.2) is 27.7 Å². The van der Waals surface area contributed by atoms with Crippen LogP contribution in [0.3, 0.4) is 0 Å². The van der Waals surface area contributed by atoms with Crippen molar-refractivity contribution in [2.24, 2.45) is 0 Å². The fourth-order valence-corrected chi connectivity index (χ4v) is 1.78. The van der Waals surface area contributed by atoms with E-state index < -0.39 is 10.8 Å². The first-order valence-corrected chi connectivity index (χ1v) is 6.78. The van der Waals surface area contributed by atoms with E-state index in [0.29, 0.717) is 17.3 Å². The van der Waals surface area contributed by atoms with Gasteiger partial charge in [0.15, 0.2) is 0 Å². The Labute approximate surface area is 98.2 Å². The molecule has 0 aromatic carbocycles. The van der Waals surface area contributed by atoms with Crippen molar-refractivity contribution in [3.8, 4) is 6.07 Å². The maximum Gasteiger partial charge on any atom is 0.145 e. The van der Waals surface area contributed by atoms with Crippen LogP contribution >= 0.6 is 0 Å². The van der Waals surface area contributed by atoms with Crippen molar-refractivity contribution in [3.63, 3.8) is 0 Å². The summed E-state index contributed by atoms with van der Waals surface area (Å²) in [6.45, 7) is 2.58. The summed E-state index contributed by atoms with van der Waals surface area (Å²) in [6.07, 6.45) is 2.53. The lowest BCUT2D eigenvalue weighted by Crippen LogP contribution is -2.07. The summed E-state index contributed by atoms with van der Waals surface area (Å²) in [5, 5.41) is 11.9.